The molecular formula is C28H28N4O2S. The van der Waals surface area contributed by atoms with Crippen LogP contribution in [0, 0.1) is 5.92 Å². The third kappa shape index (κ3) is 3.84. The molecule has 0 saturated carbocycles. The molecular weight excluding hydrogens is 456 g/mol. The first kappa shape index (κ1) is 22.0. The van der Waals surface area contributed by atoms with Gasteiger partial charge in [0.25, 0.3) is 5.91 Å². The molecule has 35 heavy (non-hydrogen) atoms. The minimum Gasteiger partial charge on any atom is -0.371 e. The van der Waals surface area contributed by atoms with E-state index in [-0.39, 0.29) is 17.9 Å². The minimum atomic E-state index is 0.00579. The van der Waals surface area contributed by atoms with E-state index >= 15 is 0 Å². The lowest BCUT2D eigenvalue weighted by molar-refractivity contribution is -0.111. The molecule has 1 saturated heterocycles. The second-order valence-electron chi connectivity index (χ2n) is 9.74. The Balaban J connectivity index is 1.35. The Morgan fingerprint density at radius 2 is 1.83 bits per heavy atom. The smallest absolute Gasteiger partial charge is 0.263 e. The first-order valence-electron chi connectivity index (χ1n) is 12.2. The lowest BCUT2D eigenvalue weighted by atomic mass is 9.98. The van der Waals surface area contributed by atoms with Gasteiger partial charge in [0.05, 0.1) is 16.9 Å². The van der Waals surface area contributed by atoms with Crippen molar-refractivity contribution in [3.63, 3.8) is 0 Å². The Hall–Kier alpha value is -3.45. The molecule has 2 aliphatic rings. The highest BCUT2D eigenvalue weighted by Gasteiger charge is 2.28. The Morgan fingerprint density at radius 1 is 1.06 bits per heavy atom. The molecule has 1 N–H and O–H groups in total. The number of aromatic nitrogens is 1. The van der Waals surface area contributed by atoms with Gasteiger partial charge in [0, 0.05) is 65.4 Å². The van der Waals surface area contributed by atoms with Gasteiger partial charge in [-0.05, 0) is 56.2 Å². The highest BCUT2D eigenvalue weighted by Crippen LogP contribution is 2.43. The lowest BCUT2D eigenvalue weighted by Gasteiger charge is -2.31. The van der Waals surface area contributed by atoms with Crippen LogP contribution in [-0.2, 0) is 4.79 Å². The first-order chi connectivity index (χ1) is 17.0. The molecule has 1 fully saturated rings. The van der Waals surface area contributed by atoms with Gasteiger partial charge >= 0.3 is 0 Å². The van der Waals surface area contributed by atoms with Gasteiger partial charge in [0.15, 0.2) is 0 Å². The van der Waals surface area contributed by atoms with Gasteiger partial charge in [-0.2, -0.15) is 0 Å². The molecule has 0 radical (unpaired) electrons. The van der Waals surface area contributed by atoms with E-state index in [2.05, 4.69) is 70.7 Å². The summed E-state index contributed by atoms with van der Waals surface area (Å²) in [5, 5.41) is 5.29. The highest BCUT2D eigenvalue weighted by atomic mass is 32.1. The topological polar surface area (TPSA) is 65.5 Å². The number of rotatable bonds is 3. The second-order valence-corrected chi connectivity index (χ2v) is 10.8. The number of nitrogens with zero attached hydrogens (tertiary/aromatic N) is 3. The maximum absolute atomic E-state index is 12.8. The zero-order valence-electron chi connectivity index (χ0n) is 20.0. The summed E-state index contributed by atoms with van der Waals surface area (Å²) < 4.78 is 1.11. The molecule has 7 heteroatoms. The standard InChI is InChI=1S/C28H28N4O2S/c1-17-15-31(2)26-25-21-7-8-22(30-23(21)9-10-24(25)35-27(26)28(34)29-17)19-3-5-20(6-4-19)32-13-11-18(16-33)12-14-32/h3-10,16-18H,11-15H2,1-2H3,(H,29,34). The number of hydrogen-bond donors (Lipinski definition) is 1. The van der Waals surface area contributed by atoms with Crippen molar-refractivity contribution in [3.05, 3.63) is 53.4 Å². The summed E-state index contributed by atoms with van der Waals surface area (Å²) in [5.41, 5.74) is 5.14. The number of pyridine rings is 1. The maximum Gasteiger partial charge on any atom is 0.263 e. The number of hydrogen-bond acceptors (Lipinski definition) is 6. The molecule has 178 valence electrons. The van der Waals surface area contributed by atoms with Crippen molar-refractivity contribution in [2.75, 3.05) is 36.5 Å². The average Bonchev–Trinajstić information content (AvgIpc) is 3.24. The van der Waals surface area contributed by atoms with E-state index in [0.717, 1.165) is 81.6 Å². The summed E-state index contributed by atoms with van der Waals surface area (Å²) in [5.74, 6) is 0.209. The van der Waals surface area contributed by atoms with Crippen molar-refractivity contribution in [1.82, 2.24) is 10.3 Å². The summed E-state index contributed by atoms with van der Waals surface area (Å²) in [6.07, 6.45) is 2.95. The number of fused-ring (bicyclic) bond motifs is 5. The molecule has 1 unspecified atom stereocenters. The van der Waals surface area contributed by atoms with E-state index in [9.17, 15) is 9.59 Å². The lowest BCUT2D eigenvalue weighted by Crippen LogP contribution is -2.36. The van der Waals surface area contributed by atoms with Crippen LogP contribution in [0.3, 0.4) is 0 Å². The summed E-state index contributed by atoms with van der Waals surface area (Å²) >= 11 is 1.55. The van der Waals surface area contributed by atoms with Crippen LogP contribution in [0.25, 0.3) is 32.2 Å². The van der Waals surface area contributed by atoms with E-state index in [4.69, 9.17) is 4.98 Å². The van der Waals surface area contributed by atoms with E-state index < -0.39 is 0 Å². The van der Waals surface area contributed by atoms with Crippen molar-refractivity contribution >= 4 is 55.9 Å². The fraction of sp³-hybridized carbons (Fsp3) is 0.321. The fourth-order valence-electron chi connectivity index (χ4n) is 5.44. The molecule has 0 bridgehead atoms. The van der Waals surface area contributed by atoms with Gasteiger partial charge in [-0.1, -0.05) is 12.1 Å². The van der Waals surface area contributed by atoms with Crippen LogP contribution in [0.15, 0.2) is 48.5 Å². The van der Waals surface area contributed by atoms with Crippen molar-refractivity contribution < 1.29 is 9.59 Å². The summed E-state index contributed by atoms with van der Waals surface area (Å²) in [6.45, 7) is 4.65. The average molecular weight is 485 g/mol. The van der Waals surface area contributed by atoms with Crippen LogP contribution < -0.4 is 15.1 Å². The first-order valence-corrected chi connectivity index (χ1v) is 13.0. The monoisotopic (exact) mass is 484 g/mol. The number of likely N-dealkylation sites (N-methyl/N-ethyl adjacent to an activating group) is 1. The molecule has 2 aliphatic heterocycles. The molecule has 6 rings (SSSR count). The summed E-state index contributed by atoms with van der Waals surface area (Å²) in [4.78, 5) is 34.2. The molecule has 0 aliphatic carbocycles. The number of benzene rings is 2. The number of thiophene rings is 1. The van der Waals surface area contributed by atoms with E-state index in [0.29, 0.717) is 0 Å². The second kappa shape index (κ2) is 8.64. The molecule has 1 atom stereocenters. The number of nitrogens with one attached hydrogen (secondary N) is 1. The maximum atomic E-state index is 12.8. The molecule has 2 aromatic heterocycles. The predicted molar refractivity (Wildman–Crippen MR) is 144 cm³/mol. The zero-order chi connectivity index (χ0) is 24.1. The Kier molecular flexibility index (Phi) is 5.44. The van der Waals surface area contributed by atoms with Crippen molar-refractivity contribution in [1.29, 1.82) is 0 Å². The van der Waals surface area contributed by atoms with Crippen LogP contribution in [0.5, 0.6) is 0 Å². The quantitative estimate of drug-likeness (QED) is 0.410. The third-order valence-electron chi connectivity index (χ3n) is 7.27. The largest absolute Gasteiger partial charge is 0.371 e. The number of carbonyl (C=O) groups excluding carboxylic acids is 2. The van der Waals surface area contributed by atoms with Crippen molar-refractivity contribution in [2.45, 2.75) is 25.8 Å². The molecule has 1 amide bonds. The number of anilines is 2. The third-order valence-corrected chi connectivity index (χ3v) is 8.41. The number of piperidine rings is 1. The van der Waals surface area contributed by atoms with E-state index in [1.165, 1.54) is 5.69 Å². The van der Waals surface area contributed by atoms with Gasteiger partial charge in [-0.15, -0.1) is 11.3 Å². The Labute approximate surface area is 208 Å². The van der Waals surface area contributed by atoms with E-state index in [1.807, 2.05) is 6.92 Å². The minimum absolute atomic E-state index is 0.00579. The molecule has 4 heterocycles. The van der Waals surface area contributed by atoms with Gasteiger partial charge in [0.2, 0.25) is 0 Å². The Morgan fingerprint density at radius 3 is 2.57 bits per heavy atom. The summed E-state index contributed by atoms with van der Waals surface area (Å²) in [6, 6.07) is 17.0. The van der Waals surface area contributed by atoms with Gasteiger partial charge in [0.1, 0.15) is 11.2 Å². The molecule has 0 spiro atoms. The predicted octanol–water partition coefficient (Wildman–Crippen LogP) is 5.10. The Bertz CT molecular complexity index is 1440. The van der Waals surface area contributed by atoms with Crippen LogP contribution in [-0.4, -0.2) is 49.9 Å². The highest BCUT2D eigenvalue weighted by molar-refractivity contribution is 7.21. The molecule has 2 aromatic carbocycles. The van der Waals surface area contributed by atoms with E-state index in [1.54, 1.807) is 11.3 Å². The van der Waals surface area contributed by atoms with Crippen LogP contribution in [0.2, 0.25) is 0 Å². The molecule has 6 nitrogen and oxygen atoms in total. The molecule has 4 aromatic rings. The SMILES string of the molecule is CC1CN(C)c2c(sc3ccc4nc(-c5ccc(N6CCC(C=O)CC6)cc5)ccc4c23)C(=O)N1. The number of amides is 1. The van der Waals surface area contributed by atoms with Gasteiger partial charge < -0.3 is 19.9 Å². The van der Waals surface area contributed by atoms with Crippen molar-refractivity contribution in [2.24, 2.45) is 5.92 Å². The van der Waals surface area contributed by atoms with Crippen LogP contribution >= 0.6 is 11.3 Å². The van der Waals surface area contributed by atoms with Gasteiger partial charge in [-0.3, -0.25) is 4.79 Å². The number of carbonyl (C=O) groups is 2. The van der Waals surface area contributed by atoms with Gasteiger partial charge in [-0.25, -0.2) is 4.98 Å². The summed E-state index contributed by atoms with van der Waals surface area (Å²) in [7, 11) is 2.06. The van der Waals surface area contributed by atoms with Crippen LogP contribution in [0.1, 0.15) is 29.4 Å². The normalized spacial score (nSPS) is 19.0. The zero-order valence-corrected chi connectivity index (χ0v) is 20.8. The van der Waals surface area contributed by atoms with Crippen molar-refractivity contribution in [3.8, 4) is 11.3 Å². The van der Waals surface area contributed by atoms with Crippen LogP contribution in [0.4, 0.5) is 11.4 Å². The number of aldehydes is 1. The fourth-order valence-corrected chi connectivity index (χ4v) is 6.61.